The molecule has 0 bridgehead atoms. The Hall–Kier alpha value is -2.65. The second-order valence-corrected chi connectivity index (χ2v) is 6.46. The molecule has 3 aromatic carbocycles. The first-order valence-corrected chi connectivity index (χ1v) is 8.79. The fourth-order valence-corrected chi connectivity index (χ4v) is 3.57. The minimum absolute atomic E-state index is 0.796. The van der Waals surface area contributed by atoms with E-state index in [1.807, 2.05) is 48.2 Å². The molecule has 24 heavy (non-hydrogen) atoms. The molecule has 4 aromatic rings. The number of hydrogen-bond acceptors (Lipinski definition) is 3. The van der Waals surface area contributed by atoms with E-state index >= 15 is 0 Å². The van der Waals surface area contributed by atoms with E-state index < -0.39 is 0 Å². The molecule has 2 nitrogen and oxygen atoms in total. The fraction of sp³-hybridized carbons (Fsp3) is 0.0476. The van der Waals surface area contributed by atoms with Crippen LogP contribution in [0.2, 0.25) is 0 Å². The quantitative estimate of drug-likeness (QED) is 0.470. The van der Waals surface area contributed by atoms with Crippen molar-refractivity contribution in [2.45, 2.75) is 10.6 Å². The summed E-state index contributed by atoms with van der Waals surface area (Å²) in [5.74, 6) is 0.929. The van der Waals surface area contributed by atoms with E-state index in [-0.39, 0.29) is 0 Å². The molecule has 0 aliphatic heterocycles. The van der Waals surface area contributed by atoms with Crippen LogP contribution in [0.5, 0.6) is 0 Å². The maximum absolute atomic E-state index is 4.73. The molecule has 1 heterocycles. The molecule has 1 radical (unpaired) electrons. The highest BCUT2D eigenvalue weighted by Gasteiger charge is 2.09. The zero-order valence-corrected chi connectivity index (χ0v) is 13.8. The number of para-hydroxylation sites is 2. The molecule has 3 heteroatoms. The first-order valence-electron chi connectivity index (χ1n) is 7.81. The lowest BCUT2D eigenvalue weighted by Gasteiger charge is -2.09. The van der Waals surface area contributed by atoms with Gasteiger partial charge in [-0.1, -0.05) is 60.7 Å². The van der Waals surface area contributed by atoms with Crippen LogP contribution in [0.4, 0.5) is 0 Å². The SMILES string of the molecule is [c]1nc2ccccc2nc1-c1ccccc1SCc1ccccc1. The van der Waals surface area contributed by atoms with E-state index in [2.05, 4.69) is 53.6 Å². The summed E-state index contributed by atoms with van der Waals surface area (Å²) >= 11 is 1.81. The summed E-state index contributed by atoms with van der Waals surface area (Å²) in [4.78, 5) is 10.3. The third kappa shape index (κ3) is 3.17. The Morgan fingerprint density at radius 2 is 1.46 bits per heavy atom. The predicted octanol–water partition coefficient (Wildman–Crippen LogP) is 5.39. The van der Waals surface area contributed by atoms with Crippen LogP contribution in [-0.4, -0.2) is 9.97 Å². The van der Waals surface area contributed by atoms with Gasteiger partial charge < -0.3 is 0 Å². The molecule has 0 amide bonds. The van der Waals surface area contributed by atoms with Gasteiger partial charge in [0.05, 0.1) is 11.0 Å². The standard InChI is InChI=1S/C21H15N2S/c1-2-8-16(9-3-1)15-24-21-13-7-4-10-17(21)20-14-22-18-11-5-6-12-19(18)23-20/h1-13H,15H2. The molecule has 0 N–H and O–H groups in total. The fourth-order valence-electron chi connectivity index (χ4n) is 2.56. The van der Waals surface area contributed by atoms with E-state index in [4.69, 9.17) is 4.98 Å². The first-order chi connectivity index (χ1) is 11.9. The number of benzene rings is 3. The van der Waals surface area contributed by atoms with Crippen molar-refractivity contribution >= 4 is 22.8 Å². The molecule has 0 aliphatic carbocycles. The van der Waals surface area contributed by atoms with Gasteiger partial charge in [0.2, 0.25) is 0 Å². The number of nitrogens with zero attached hydrogens (tertiary/aromatic N) is 2. The molecule has 0 fully saturated rings. The topological polar surface area (TPSA) is 25.8 Å². The molecule has 0 atom stereocenters. The van der Waals surface area contributed by atoms with Gasteiger partial charge >= 0.3 is 0 Å². The third-order valence-electron chi connectivity index (χ3n) is 3.78. The lowest BCUT2D eigenvalue weighted by molar-refractivity contribution is 1.26. The van der Waals surface area contributed by atoms with Crippen molar-refractivity contribution in [3.63, 3.8) is 0 Å². The minimum atomic E-state index is 0.796. The van der Waals surface area contributed by atoms with E-state index in [0.29, 0.717) is 0 Å². The Balaban J connectivity index is 1.67. The van der Waals surface area contributed by atoms with Crippen molar-refractivity contribution in [3.8, 4) is 11.3 Å². The van der Waals surface area contributed by atoms with E-state index in [9.17, 15) is 0 Å². The maximum Gasteiger partial charge on any atom is 0.118 e. The Kier molecular flexibility index (Phi) is 4.26. The van der Waals surface area contributed by atoms with Gasteiger partial charge in [0.1, 0.15) is 11.9 Å². The second kappa shape index (κ2) is 6.85. The smallest absolute Gasteiger partial charge is 0.118 e. The molecule has 4 rings (SSSR count). The van der Waals surface area contributed by atoms with Gasteiger partial charge in [-0.3, -0.25) is 0 Å². The summed E-state index contributed by atoms with van der Waals surface area (Å²) in [6.45, 7) is 0. The average Bonchev–Trinajstić information content (AvgIpc) is 2.67. The minimum Gasteiger partial charge on any atom is -0.244 e. The monoisotopic (exact) mass is 327 g/mol. The summed E-state index contributed by atoms with van der Waals surface area (Å²) in [6, 6.07) is 26.7. The van der Waals surface area contributed by atoms with Crippen LogP contribution in [0.3, 0.4) is 0 Å². The third-order valence-corrected chi connectivity index (χ3v) is 4.92. The van der Waals surface area contributed by atoms with Gasteiger partial charge in [-0.25, -0.2) is 9.97 Å². The van der Waals surface area contributed by atoms with E-state index in [1.165, 1.54) is 10.5 Å². The second-order valence-electron chi connectivity index (χ2n) is 5.44. The number of rotatable bonds is 4. The van der Waals surface area contributed by atoms with Gasteiger partial charge in [0, 0.05) is 16.2 Å². The summed E-state index contributed by atoms with van der Waals surface area (Å²) < 4.78 is 0. The Labute approximate surface area is 145 Å². The predicted molar refractivity (Wildman–Crippen MR) is 99.8 cm³/mol. The van der Waals surface area contributed by atoms with E-state index in [1.54, 1.807) is 0 Å². The lowest BCUT2D eigenvalue weighted by atomic mass is 10.1. The summed E-state index contributed by atoms with van der Waals surface area (Å²) in [6.07, 6.45) is 3.09. The molecule has 0 unspecified atom stereocenters. The highest BCUT2D eigenvalue weighted by Crippen LogP contribution is 2.32. The molecule has 0 saturated heterocycles. The van der Waals surface area contributed by atoms with Gasteiger partial charge in [-0.2, -0.15) is 0 Å². The zero-order chi connectivity index (χ0) is 16.2. The number of aromatic nitrogens is 2. The van der Waals surface area contributed by atoms with E-state index in [0.717, 1.165) is 28.0 Å². The van der Waals surface area contributed by atoms with Crippen LogP contribution in [0.15, 0.2) is 83.8 Å². The van der Waals surface area contributed by atoms with Crippen molar-refractivity contribution in [2.24, 2.45) is 0 Å². The number of fused-ring (bicyclic) bond motifs is 1. The first kappa shape index (κ1) is 14.9. The summed E-state index contributed by atoms with van der Waals surface area (Å²) in [7, 11) is 0. The van der Waals surface area contributed by atoms with Crippen LogP contribution >= 0.6 is 11.8 Å². The maximum atomic E-state index is 4.73. The molecule has 1 aromatic heterocycles. The Morgan fingerprint density at radius 3 is 2.33 bits per heavy atom. The molecular weight excluding hydrogens is 312 g/mol. The molecule has 0 spiro atoms. The largest absolute Gasteiger partial charge is 0.244 e. The number of thioether (sulfide) groups is 1. The van der Waals surface area contributed by atoms with Crippen LogP contribution in [0, 0.1) is 6.20 Å². The zero-order valence-electron chi connectivity index (χ0n) is 13.0. The van der Waals surface area contributed by atoms with Gasteiger partial charge in [0.25, 0.3) is 0 Å². The van der Waals surface area contributed by atoms with Crippen molar-refractivity contribution in [1.82, 2.24) is 9.97 Å². The van der Waals surface area contributed by atoms with Gasteiger partial charge in [0.15, 0.2) is 0 Å². The highest BCUT2D eigenvalue weighted by molar-refractivity contribution is 7.98. The normalized spacial score (nSPS) is 10.8. The molecular formula is C21H15N2S. The average molecular weight is 327 g/mol. The number of hydrogen-bond donors (Lipinski definition) is 0. The Morgan fingerprint density at radius 1 is 0.750 bits per heavy atom. The molecule has 0 saturated carbocycles. The van der Waals surface area contributed by atoms with Gasteiger partial charge in [-0.15, -0.1) is 11.8 Å². The lowest BCUT2D eigenvalue weighted by Crippen LogP contribution is -1.91. The van der Waals surface area contributed by atoms with Gasteiger partial charge in [-0.05, 0) is 23.8 Å². The van der Waals surface area contributed by atoms with Crippen molar-refractivity contribution in [2.75, 3.05) is 0 Å². The Bertz CT molecular complexity index is 967. The van der Waals surface area contributed by atoms with Crippen LogP contribution in [0.25, 0.3) is 22.3 Å². The molecule has 115 valence electrons. The summed E-state index contributed by atoms with van der Waals surface area (Å²) in [5, 5.41) is 0. The summed E-state index contributed by atoms with van der Waals surface area (Å²) in [5.41, 5.74) is 4.96. The van der Waals surface area contributed by atoms with Crippen LogP contribution < -0.4 is 0 Å². The van der Waals surface area contributed by atoms with Crippen LogP contribution in [0.1, 0.15) is 5.56 Å². The molecule has 0 aliphatic rings. The van der Waals surface area contributed by atoms with Crippen molar-refractivity contribution < 1.29 is 0 Å². The highest BCUT2D eigenvalue weighted by atomic mass is 32.2. The van der Waals surface area contributed by atoms with Crippen molar-refractivity contribution in [1.29, 1.82) is 0 Å². The van der Waals surface area contributed by atoms with Crippen LogP contribution in [-0.2, 0) is 5.75 Å². The van der Waals surface area contributed by atoms with Crippen molar-refractivity contribution in [3.05, 3.63) is 90.6 Å².